The molecule has 2 heterocycles. The van der Waals surface area contributed by atoms with E-state index in [4.69, 9.17) is 0 Å². The lowest BCUT2D eigenvalue weighted by atomic mass is 9.99. The summed E-state index contributed by atoms with van der Waals surface area (Å²) < 4.78 is 0. The van der Waals surface area contributed by atoms with Gasteiger partial charge in [0.2, 0.25) is 0 Å². The van der Waals surface area contributed by atoms with Crippen LogP contribution in [0.5, 0.6) is 0 Å². The molecular formula is C20H26N4O. The fourth-order valence-corrected chi connectivity index (χ4v) is 3.22. The first kappa shape index (κ1) is 17.3. The van der Waals surface area contributed by atoms with E-state index in [0.717, 1.165) is 37.4 Å². The Hall–Kier alpha value is -2.56. The smallest absolute Gasteiger partial charge is 0.317 e. The number of carbonyl (C=O) groups is 1. The maximum Gasteiger partial charge on any atom is 0.317 e. The van der Waals surface area contributed by atoms with Crippen molar-refractivity contribution in [1.82, 2.24) is 15.2 Å². The summed E-state index contributed by atoms with van der Waals surface area (Å²) in [6.45, 7) is 2.11. The molecule has 1 N–H and O–H groups in total. The van der Waals surface area contributed by atoms with Gasteiger partial charge < -0.3 is 15.1 Å². The molecule has 1 aliphatic heterocycles. The van der Waals surface area contributed by atoms with E-state index in [1.54, 1.807) is 0 Å². The minimum Gasteiger partial charge on any atom is -0.363 e. The first-order chi connectivity index (χ1) is 12.1. The minimum atomic E-state index is 0.00705. The van der Waals surface area contributed by atoms with Crippen LogP contribution in [0, 0.1) is 5.92 Å². The number of rotatable bonds is 5. The molecule has 2 amide bonds. The van der Waals surface area contributed by atoms with Crippen LogP contribution < -0.4 is 10.2 Å². The average Bonchev–Trinajstić information content (AvgIpc) is 3.09. The zero-order valence-electron chi connectivity index (χ0n) is 15.0. The SMILES string of the molecule is CN(C)c1cccc(CNC(=O)N2CCC(Cc3ccccc3)C2)n1. The minimum absolute atomic E-state index is 0.00705. The van der Waals surface area contributed by atoms with Crippen molar-refractivity contribution in [3.63, 3.8) is 0 Å². The molecule has 1 unspecified atom stereocenters. The molecule has 0 radical (unpaired) electrons. The fourth-order valence-electron chi connectivity index (χ4n) is 3.22. The van der Waals surface area contributed by atoms with Crippen molar-refractivity contribution in [2.45, 2.75) is 19.4 Å². The van der Waals surface area contributed by atoms with Crippen molar-refractivity contribution >= 4 is 11.8 Å². The van der Waals surface area contributed by atoms with Crippen LogP contribution in [0.25, 0.3) is 0 Å². The van der Waals surface area contributed by atoms with Crippen LogP contribution in [0.2, 0.25) is 0 Å². The number of likely N-dealkylation sites (tertiary alicyclic amines) is 1. The van der Waals surface area contributed by atoms with Crippen molar-refractivity contribution in [3.05, 3.63) is 59.8 Å². The summed E-state index contributed by atoms with van der Waals surface area (Å²) in [5.74, 6) is 1.44. The zero-order chi connectivity index (χ0) is 17.6. The highest BCUT2D eigenvalue weighted by Crippen LogP contribution is 2.20. The summed E-state index contributed by atoms with van der Waals surface area (Å²) >= 11 is 0. The normalized spacial score (nSPS) is 16.7. The largest absolute Gasteiger partial charge is 0.363 e. The molecule has 1 saturated heterocycles. The third-order valence-corrected chi connectivity index (χ3v) is 4.61. The Morgan fingerprint density at radius 3 is 2.76 bits per heavy atom. The summed E-state index contributed by atoms with van der Waals surface area (Å²) in [5.41, 5.74) is 2.22. The van der Waals surface area contributed by atoms with Crippen molar-refractivity contribution in [2.75, 3.05) is 32.1 Å². The maximum absolute atomic E-state index is 12.4. The highest BCUT2D eigenvalue weighted by atomic mass is 16.2. The van der Waals surface area contributed by atoms with Crippen LogP contribution in [-0.4, -0.2) is 43.1 Å². The lowest BCUT2D eigenvalue weighted by Gasteiger charge is -2.18. The molecule has 1 aromatic heterocycles. The number of nitrogens with zero attached hydrogens (tertiary/aromatic N) is 3. The van der Waals surface area contributed by atoms with Crippen molar-refractivity contribution < 1.29 is 4.79 Å². The second-order valence-corrected chi connectivity index (χ2v) is 6.83. The molecular weight excluding hydrogens is 312 g/mol. The zero-order valence-corrected chi connectivity index (χ0v) is 15.0. The van der Waals surface area contributed by atoms with Gasteiger partial charge >= 0.3 is 6.03 Å². The van der Waals surface area contributed by atoms with Gasteiger partial charge in [0.25, 0.3) is 0 Å². The van der Waals surface area contributed by atoms with Gasteiger partial charge in [-0.2, -0.15) is 0 Å². The fraction of sp³-hybridized carbons (Fsp3) is 0.400. The Bertz CT molecular complexity index is 702. The van der Waals surface area contributed by atoms with Gasteiger partial charge in [0.15, 0.2) is 0 Å². The van der Waals surface area contributed by atoms with Crippen LogP contribution in [-0.2, 0) is 13.0 Å². The molecule has 132 valence electrons. The Balaban J connectivity index is 1.48. The first-order valence-electron chi connectivity index (χ1n) is 8.82. The average molecular weight is 338 g/mol. The topological polar surface area (TPSA) is 48.5 Å². The number of pyridine rings is 1. The van der Waals surface area contributed by atoms with E-state index in [1.807, 2.05) is 48.2 Å². The summed E-state index contributed by atoms with van der Waals surface area (Å²) in [4.78, 5) is 20.8. The number of urea groups is 1. The molecule has 5 heteroatoms. The second kappa shape index (κ2) is 8.01. The number of aromatic nitrogens is 1. The Morgan fingerprint density at radius 2 is 2.00 bits per heavy atom. The molecule has 1 aliphatic rings. The van der Waals surface area contributed by atoms with Gasteiger partial charge in [-0.05, 0) is 36.5 Å². The lowest BCUT2D eigenvalue weighted by molar-refractivity contribution is 0.206. The monoisotopic (exact) mass is 338 g/mol. The molecule has 2 aromatic rings. The number of hydrogen-bond acceptors (Lipinski definition) is 3. The number of hydrogen-bond donors (Lipinski definition) is 1. The third kappa shape index (κ3) is 4.72. The Labute approximate surface area is 149 Å². The van der Waals surface area contributed by atoms with Gasteiger partial charge in [-0.1, -0.05) is 36.4 Å². The van der Waals surface area contributed by atoms with Gasteiger partial charge in [0.05, 0.1) is 12.2 Å². The van der Waals surface area contributed by atoms with Crippen molar-refractivity contribution in [1.29, 1.82) is 0 Å². The first-order valence-corrected chi connectivity index (χ1v) is 8.82. The van der Waals surface area contributed by atoms with Crippen LogP contribution in [0.1, 0.15) is 17.7 Å². The van der Waals surface area contributed by atoms with E-state index in [-0.39, 0.29) is 6.03 Å². The molecule has 0 spiro atoms. The lowest BCUT2D eigenvalue weighted by Crippen LogP contribution is -2.38. The van der Waals surface area contributed by atoms with Gasteiger partial charge in [-0.25, -0.2) is 9.78 Å². The van der Waals surface area contributed by atoms with E-state index in [2.05, 4.69) is 34.6 Å². The quantitative estimate of drug-likeness (QED) is 0.912. The highest BCUT2D eigenvalue weighted by molar-refractivity contribution is 5.74. The van der Waals surface area contributed by atoms with E-state index in [9.17, 15) is 4.79 Å². The summed E-state index contributed by atoms with van der Waals surface area (Å²) in [5, 5.41) is 3.00. The van der Waals surface area contributed by atoms with E-state index in [1.165, 1.54) is 5.56 Å². The number of benzene rings is 1. The van der Waals surface area contributed by atoms with E-state index >= 15 is 0 Å². The molecule has 0 aliphatic carbocycles. The Kier molecular flexibility index (Phi) is 5.53. The van der Waals surface area contributed by atoms with Gasteiger partial charge in [-0.15, -0.1) is 0 Å². The molecule has 3 rings (SSSR count). The van der Waals surface area contributed by atoms with Gasteiger partial charge in [-0.3, -0.25) is 0 Å². The number of anilines is 1. The predicted octanol–water partition coefficient (Wildman–Crippen LogP) is 2.92. The molecule has 5 nitrogen and oxygen atoms in total. The molecule has 0 saturated carbocycles. The van der Waals surface area contributed by atoms with Crippen molar-refractivity contribution in [2.24, 2.45) is 5.92 Å². The number of nitrogens with one attached hydrogen (secondary N) is 1. The third-order valence-electron chi connectivity index (χ3n) is 4.61. The van der Waals surface area contributed by atoms with E-state index < -0.39 is 0 Å². The highest BCUT2D eigenvalue weighted by Gasteiger charge is 2.26. The summed E-state index contributed by atoms with van der Waals surface area (Å²) in [6.07, 6.45) is 2.10. The van der Waals surface area contributed by atoms with Crippen molar-refractivity contribution in [3.8, 4) is 0 Å². The van der Waals surface area contributed by atoms with Crippen LogP contribution in [0.4, 0.5) is 10.6 Å². The molecule has 1 aromatic carbocycles. The summed E-state index contributed by atoms with van der Waals surface area (Å²) in [7, 11) is 3.92. The summed E-state index contributed by atoms with van der Waals surface area (Å²) in [6, 6.07) is 16.4. The molecule has 0 bridgehead atoms. The van der Waals surface area contributed by atoms with Crippen LogP contribution in [0.3, 0.4) is 0 Å². The van der Waals surface area contributed by atoms with Crippen LogP contribution >= 0.6 is 0 Å². The van der Waals surface area contributed by atoms with Gasteiger partial charge in [0, 0.05) is 27.2 Å². The Morgan fingerprint density at radius 1 is 1.20 bits per heavy atom. The number of carbonyl (C=O) groups excluding carboxylic acids is 1. The second-order valence-electron chi connectivity index (χ2n) is 6.83. The molecule has 1 fully saturated rings. The predicted molar refractivity (Wildman–Crippen MR) is 101 cm³/mol. The maximum atomic E-state index is 12.4. The molecule has 25 heavy (non-hydrogen) atoms. The number of amides is 2. The standard InChI is InChI=1S/C20H26N4O/c1-23(2)19-10-6-9-18(22-19)14-21-20(25)24-12-11-17(15-24)13-16-7-4-3-5-8-16/h3-10,17H,11-15H2,1-2H3,(H,21,25). The van der Waals surface area contributed by atoms with Gasteiger partial charge in [0.1, 0.15) is 5.82 Å². The van der Waals surface area contributed by atoms with Crippen LogP contribution in [0.15, 0.2) is 48.5 Å². The van der Waals surface area contributed by atoms with E-state index in [0.29, 0.717) is 12.5 Å². The molecule has 1 atom stereocenters.